The minimum absolute atomic E-state index is 0.291. The van der Waals surface area contributed by atoms with Gasteiger partial charge in [-0.25, -0.2) is 0 Å². The van der Waals surface area contributed by atoms with E-state index in [9.17, 15) is 10.2 Å². The summed E-state index contributed by atoms with van der Waals surface area (Å²) >= 11 is 0. The molecule has 5 heteroatoms. The topological polar surface area (TPSA) is 68.2 Å². The van der Waals surface area contributed by atoms with Gasteiger partial charge in [0.05, 0.1) is 6.10 Å². The van der Waals surface area contributed by atoms with E-state index in [2.05, 4.69) is 6.92 Å². The summed E-state index contributed by atoms with van der Waals surface area (Å²) < 4.78 is 15.9. The lowest BCUT2D eigenvalue weighted by Crippen LogP contribution is -2.58. The fourth-order valence-corrected chi connectivity index (χ4v) is 1.80. The van der Waals surface area contributed by atoms with Crippen molar-refractivity contribution in [1.82, 2.24) is 0 Å². The van der Waals surface area contributed by atoms with E-state index < -0.39 is 24.6 Å². The molecule has 1 aliphatic rings. The summed E-state index contributed by atoms with van der Waals surface area (Å²) in [6.45, 7) is 4.43. The molecule has 96 valence electrons. The molecule has 0 aromatic heterocycles. The molecule has 0 amide bonds. The van der Waals surface area contributed by atoms with Gasteiger partial charge >= 0.3 is 0 Å². The van der Waals surface area contributed by atoms with Crippen LogP contribution in [-0.2, 0) is 14.2 Å². The fraction of sp³-hybridized carbons (Fsp3) is 1.00. The molecular formula is C11H22O5. The van der Waals surface area contributed by atoms with E-state index in [1.807, 2.05) is 0 Å². The second-order valence-corrected chi connectivity index (χ2v) is 4.12. The highest BCUT2D eigenvalue weighted by Gasteiger charge is 2.43. The Morgan fingerprint density at radius 1 is 1.25 bits per heavy atom. The average molecular weight is 234 g/mol. The second-order valence-electron chi connectivity index (χ2n) is 4.12. The summed E-state index contributed by atoms with van der Waals surface area (Å²) in [6.07, 6.45) is -1.64. The number of aliphatic hydroxyl groups is 2. The predicted octanol–water partition coefficient (Wildman–Crippen LogP) is 0.285. The third-order valence-electron chi connectivity index (χ3n) is 2.82. The van der Waals surface area contributed by atoms with Gasteiger partial charge in [0.1, 0.15) is 18.3 Å². The first kappa shape index (κ1) is 13.9. The minimum Gasteiger partial charge on any atom is -0.387 e. The third-order valence-corrected chi connectivity index (χ3v) is 2.82. The SMILES string of the molecule is CCCCO[C@H]1C(C)O[C@@H](OC)[C@@H](O)C1O. The highest BCUT2D eigenvalue weighted by atomic mass is 16.7. The Hall–Kier alpha value is -0.200. The van der Waals surface area contributed by atoms with Crippen molar-refractivity contribution >= 4 is 0 Å². The molecule has 1 aliphatic heterocycles. The van der Waals surface area contributed by atoms with E-state index in [1.165, 1.54) is 7.11 Å². The van der Waals surface area contributed by atoms with Crippen molar-refractivity contribution in [3.63, 3.8) is 0 Å². The monoisotopic (exact) mass is 234 g/mol. The molecule has 1 saturated heterocycles. The zero-order valence-corrected chi connectivity index (χ0v) is 10.1. The van der Waals surface area contributed by atoms with Crippen LogP contribution in [0.2, 0.25) is 0 Å². The molecule has 1 rings (SSSR count). The maximum atomic E-state index is 9.87. The molecule has 2 unspecified atom stereocenters. The summed E-state index contributed by atoms with van der Waals surface area (Å²) in [7, 11) is 1.44. The first-order valence-corrected chi connectivity index (χ1v) is 5.77. The maximum absolute atomic E-state index is 9.87. The van der Waals surface area contributed by atoms with Crippen LogP contribution in [0.25, 0.3) is 0 Å². The number of hydrogen-bond donors (Lipinski definition) is 2. The molecule has 5 atom stereocenters. The zero-order chi connectivity index (χ0) is 12.1. The summed E-state index contributed by atoms with van der Waals surface area (Å²) in [5, 5.41) is 19.6. The van der Waals surface area contributed by atoms with Crippen LogP contribution in [0, 0.1) is 0 Å². The van der Waals surface area contributed by atoms with Crippen molar-refractivity contribution in [1.29, 1.82) is 0 Å². The Morgan fingerprint density at radius 3 is 2.50 bits per heavy atom. The number of rotatable bonds is 5. The van der Waals surface area contributed by atoms with Crippen molar-refractivity contribution in [3.05, 3.63) is 0 Å². The van der Waals surface area contributed by atoms with Crippen LogP contribution in [0.15, 0.2) is 0 Å². The third kappa shape index (κ3) is 3.15. The Labute approximate surface area is 96.3 Å². The van der Waals surface area contributed by atoms with Gasteiger partial charge in [-0.2, -0.15) is 0 Å². The number of hydrogen-bond acceptors (Lipinski definition) is 5. The van der Waals surface area contributed by atoms with Gasteiger partial charge in [-0.15, -0.1) is 0 Å². The Morgan fingerprint density at radius 2 is 1.94 bits per heavy atom. The van der Waals surface area contributed by atoms with Gasteiger partial charge in [0.15, 0.2) is 6.29 Å². The van der Waals surface area contributed by atoms with E-state index >= 15 is 0 Å². The van der Waals surface area contributed by atoms with Gasteiger partial charge in [0.2, 0.25) is 0 Å². The van der Waals surface area contributed by atoms with Crippen molar-refractivity contribution in [2.24, 2.45) is 0 Å². The smallest absolute Gasteiger partial charge is 0.186 e. The highest BCUT2D eigenvalue weighted by molar-refractivity contribution is 4.88. The van der Waals surface area contributed by atoms with Crippen molar-refractivity contribution in [2.75, 3.05) is 13.7 Å². The Balaban J connectivity index is 2.50. The molecule has 0 aromatic rings. The fourth-order valence-electron chi connectivity index (χ4n) is 1.80. The molecule has 16 heavy (non-hydrogen) atoms. The van der Waals surface area contributed by atoms with Crippen LogP contribution < -0.4 is 0 Å². The molecule has 2 N–H and O–H groups in total. The van der Waals surface area contributed by atoms with Gasteiger partial charge in [-0.3, -0.25) is 0 Å². The van der Waals surface area contributed by atoms with Gasteiger partial charge < -0.3 is 24.4 Å². The van der Waals surface area contributed by atoms with Crippen LogP contribution >= 0.6 is 0 Å². The minimum atomic E-state index is -1.06. The molecule has 1 fully saturated rings. The molecule has 0 aromatic carbocycles. The van der Waals surface area contributed by atoms with E-state index in [4.69, 9.17) is 14.2 Å². The van der Waals surface area contributed by atoms with Crippen molar-refractivity contribution < 1.29 is 24.4 Å². The molecule has 5 nitrogen and oxygen atoms in total. The summed E-state index contributed by atoms with van der Waals surface area (Å²) in [4.78, 5) is 0. The maximum Gasteiger partial charge on any atom is 0.186 e. The van der Waals surface area contributed by atoms with Gasteiger partial charge in [0.25, 0.3) is 0 Å². The largest absolute Gasteiger partial charge is 0.387 e. The summed E-state index contributed by atoms with van der Waals surface area (Å²) in [5.41, 5.74) is 0. The van der Waals surface area contributed by atoms with Crippen LogP contribution in [0.3, 0.4) is 0 Å². The molecular weight excluding hydrogens is 212 g/mol. The number of unbranched alkanes of at least 4 members (excludes halogenated alkanes) is 1. The van der Waals surface area contributed by atoms with Crippen LogP contribution in [0.4, 0.5) is 0 Å². The molecule has 0 aliphatic carbocycles. The molecule has 1 heterocycles. The Bertz CT molecular complexity index is 199. The van der Waals surface area contributed by atoms with Gasteiger partial charge in [-0.1, -0.05) is 13.3 Å². The molecule has 0 bridgehead atoms. The highest BCUT2D eigenvalue weighted by Crippen LogP contribution is 2.23. The predicted molar refractivity (Wildman–Crippen MR) is 58.0 cm³/mol. The normalized spacial score (nSPS) is 39.9. The lowest BCUT2D eigenvalue weighted by molar-refractivity contribution is -0.293. The van der Waals surface area contributed by atoms with E-state index in [0.29, 0.717) is 6.61 Å². The first-order chi connectivity index (χ1) is 7.61. The van der Waals surface area contributed by atoms with Gasteiger partial charge in [-0.05, 0) is 13.3 Å². The standard InChI is InChI=1S/C11H22O5/c1-4-5-6-15-10-7(2)16-11(14-3)9(13)8(10)12/h7-13H,4-6H2,1-3H3/t7?,8?,9-,10-,11+/m0/s1. The van der Waals surface area contributed by atoms with E-state index in [-0.39, 0.29) is 6.10 Å². The van der Waals surface area contributed by atoms with E-state index in [1.54, 1.807) is 6.92 Å². The summed E-state index contributed by atoms with van der Waals surface area (Å²) in [5.74, 6) is 0. The van der Waals surface area contributed by atoms with Crippen LogP contribution in [0.5, 0.6) is 0 Å². The first-order valence-electron chi connectivity index (χ1n) is 5.77. The Kier molecular flexibility index (Phi) is 5.64. The molecule has 0 radical (unpaired) electrons. The lowest BCUT2D eigenvalue weighted by Gasteiger charge is -2.40. The van der Waals surface area contributed by atoms with Crippen molar-refractivity contribution in [2.45, 2.75) is 57.4 Å². The average Bonchev–Trinajstić information content (AvgIpc) is 2.28. The number of methoxy groups -OCH3 is 1. The van der Waals surface area contributed by atoms with Crippen LogP contribution in [-0.4, -0.2) is 54.6 Å². The quantitative estimate of drug-likeness (QED) is 0.669. The second kappa shape index (κ2) is 6.51. The molecule has 0 spiro atoms. The lowest BCUT2D eigenvalue weighted by atomic mass is 10.00. The van der Waals surface area contributed by atoms with E-state index in [0.717, 1.165) is 12.8 Å². The number of ether oxygens (including phenoxy) is 3. The molecule has 0 saturated carbocycles. The van der Waals surface area contributed by atoms with Crippen molar-refractivity contribution in [3.8, 4) is 0 Å². The summed E-state index contributed by atoms with van der Waals surface area (Å²) in [6, 6.07) is 0. The van der Waals surface area contributed by atoms with Gasteiger partial charge in [0, 0.05) is 13.7 Å². The zero-order valence-electron chi connectivity index (χ0n) is 10.1. The number of aliphatic hydroxyl groups excluding tert-OH is 2. The van der Waals surface area contributed by atoms with Crippen LogP contribution in [0.1, 0.15) is 26.7 Å².